The average molecular weight is 290 g/mol. The van der Waals surface area contributed by atoms with E-state index in [2.05, 4.69) is 10.6 Å². The van der Waals surface area contributed by atoms with E-state index < -0.39 is 10.5 Å². The van der Waals surface area contributed by atoms with Gasteiger partial charge in [0.05, 0.1) is 5.88 Å². The summed E-state index contributed by atoms with van der Waals surface area (Å²) in [6.45, 7) is 3.17. The summed E-state index contributed by atoms with van der Waals surface area (Å²) in [6.07, 6.45) is 0.129. The third kappa shape index (κ3) is 5.77. The highest BCUT2D eigenvalue weighted by Gasteiger charge is 2.35. The number of rotatable bonds is 6. The van der Waals surface area contributed by atoms with Gasteiger partial charge < -0.3 is 10.6 Å². The topological polar surface area (TPSA) is 58.2 Å². The Hall–Kier alpha value is -0.190. The van der Waals surface area contributed by atoms with Gasteiger partial charge in [0, 0.05) is 13.3 Å². The first-order valence-corrected chi connectivity index (χ1v) is 6.12. The SMILES string of the molecule is CCCC(=O)NC(NC(C)=O)C(Cl)(Cl)CCl. The predicted octanol–water partition coefficient (Wildman–Crippen LogP) is 1.78. The lowest BCUT2D eigenvalue weighted by atomic mass is 10.3. The largest absolute Gasteiger partial charge is 0.334 e. The number of hydrogen-bond acceptors (Lipinski definition) is 2. The van der Waals surface area contributed by atoms with Crippen LogP contribution >= 0.6 is 34.8 Å². The summed E-state index contributed by atoms with van der Waals surface area (Å²) in [7, 11) is 0. The van der Waals surface area contributed by atoms with Gasteiger partial charge in [0.1, 0.15) is 6.17 Å². The van der Waals surface area contributed by atoms with Crippen molar-refractivity contribution < 1.29 is 9.59 Å². The van der Waals surface area contributed by atoms with Crippen LogP contribution in [0.3, 0.4) is 0 Å². The molecule has 2 amide bonds. The zero-order valence-corrected chi connectivity index (χ0v) is 11.4. The van der Waals surface area contributed by atoms with E-state index in [1.54, 1.807) is 0 Å². The van der Waals surface area contributed by atoms with Gasteiger partial charge in [-0.1, -0.05) is 30.1 Å². The molecule has 16 heavy (non-hydrogen) atoms. The summed E-state index contributed by atoms with van der Waals surface area (Å²) in [4.78, 5) is 22.3. The molecule has 0 aromatic heterocycles. The van der Waals surface area contributed by atoms with Crippen molar-refractivity contribution in [2.24, 2.45) is 0 Å². The Morgan fingerprint density at radius 2 is 1.88 bits per heavy atom. The molecule has 0 aliphatic carbocycles. The number of amides is 2. The molecular weight excluding hydrogens is 274 g/mol. The number of halogens is 3. The molecule has 1 atom stereocenters. The highest BCUT2D eigenvalue weighted by Crippen LogP contribution is 2.25. The maximum Gasteiger partial charge on any atom is 0.221 e. The van der Waals surface area contributed by atoms with E-state index in [0.29, 0.717) is 12.8 Å². The monoisotopic (exact) mass is 288 g/mol. The fourth-order valence-corrected chi connectivity index (χ4v) is 1.36. The van der Waals surface area contributed by atoms with Gasteiger partial charge in [0.15, 0.2) is 4.33 Å². The summed E-state index contributed by atoms with van der Waals surface area (Å²) < 4.78 is -1.43. The molecule has 94 valence electrons. The van der Waals surface area contributed by atoms with Crippen molar-refractivity contribution in [3.63, 3.8) is 0 Å². The first-order valence-electron chi connectivity index (χ1n) is 4.83. The average Bonchev–Trinajstić information content (AvgIpc) is 2.16. The number of carbonyl (C=O) groups excluding carboxylic acids is 2. The van der Waals surface area contributed by atoms with Crippen LogP contribution in [0.1, 0.15) is 26.7 Å². The van der Waals surface area contributed by atoms with Crippen LogP contribution in [-0.2, 0) is 9.59 Å². The van der Waals surface area contributed by atoms with E-state index in [1.807, 2.05) is 6.92 Å². The van der Waals surface area contributed by atoms with Gasteiger partial charge in [-0.2, -0.15) is 0 Å². The van der Waals surface area contributed by atoms with Crippen LogP contribution in [0.4, 0.5) is 0 Å². The van der Waals surface area contributed by atoms with Crippen molar-refractivity contribution in [2.45, 2.75) is 37.2 Å². The number of carbonyl (C=O) groups is 2. The number of nitrogens with one attached hydrogen (secondary N) is 2. The number of alkyl halides is 3. The summed E-state index contributed by atoms with van der Waals surface area (Å²) >= 11 is 17.3. The molecule has 2 N–H and O–H groups in total. The van der Waals surface area contributed by atoms with Gasteiger partial charge >= 0.3 is 0 Å². The zero-order chi connectivity index (χ0) is 12.8. The second-order valence-electron chi connectivity index (χ2n) is 3.35. The molecule has 0 radical (unpaired) electrons. The van der Waals surface area contributed by atoms with Gasteiger partial charge in [-0.05, 0) is 6.42 Å². The van der Waals surface area contributed by atoms with Gasteiger partial charge in [0.25, 0.3) is 0 Å². The minimum Gasteiger partial charge on any atom is -0.334 e. The molecule has 4 nitrogen and oxygen atoms in total. The second kappa shape index (κ2) is 7.20. The maximum absolute atomic E-state index is 11.4. The lowest BCUT2D eigenvalue weighted by molar-refractivity contribution is -0.123. The predicted molar refractivity (Wildman–Crippen MR) is 65.8 cm³/mol. The van der Waals surface area contributed by atoms with Gasteiger partial charge in [-0.25, -0.2) is 0 Å². The summed E-state index contributed by atoms with van der Waals surface area (Å²) in [5.74, 6) is -0.706. The molecule has 0 aromatic rings. The summed E-state index contributed by atoms with van der Waals surface area (Å²) in [6, 6.07) is 0. The third-order valence-corrected chi connectivity index (χ3v) is 3.13. The lowest BCUT2D eigenvalue weighted by Gasteiger charge is -2.29. The number of hydrogen-bond donors (Lipinski definition) is 2. The molecule has 0 saturated carbocycles. The van der Waals surface area contributed by atoms with Crippen LogP contribution in [-0.4, -0.2) is 28.2 Å². The Balaban J connectivity index is 4.55. The van der Waals surface area contributed by atoms with Crippen LogP contribution in [0, 0.1) is 0 Å². The molecule has 0 rings (SSSR count). The molecular formula is C9H15Cl3N2O2. The molecule has 0 aliphatic rings. The molecule has 0 aliphatic heterocycles. The lowest BCUT2D eigenvalue weighted by Crippen LogP contribution is -2.57. The van der Waals surface area contributed by atoms with Crippen molar-refractivity contribution in [1.82, 2.24) is 10.6 Å². The Labute approximate surface area is 110 Å². The van der Waals surface area contributed by atoms with Crippen molar-refractivity contribution in [3.05, 3.63) is 0 Å². The highest BCUT2D eigenvalue weighted by molar-refractivity contribution is 6.52. The zero-order valence-electron chi connectivity index (χ0n) is 9.15. The molecule has 0 aromatic carbocycles. The summed E-state index contributed by atoms with van der Waals surface area (Å²) in [5, 5.41) is 4.96. The fraction of sp³-hybridized carbons (Fsp3) is 0.778. The molecule has 0 fully saturated rings. The van der Waals surface area contributed by atoms with Crippen molar-refractivity contribution in [3.8, 4) is 0 Å². The fourth-order valence-electron chi connectivity index (χ4n) is 0.988. The first kappa shape index (κ1) is 15.8. The molecule has 0 bridgehead atoms. The third-order valence-electron chi connectivity index (χ3n) is 1.73. The molecule has 0 saturated heterocycles. The Morgan fingerprint density at radius 3 is 2.25 bits per heavy atom. The quantitative estimate of drug-likeness (QED) is 0.578. The van der Waals surface area contributed by atoms with E-state index in [9.17, 15) is 9.59 Å². The van der Waals surface area contributed by atoms with E-state index in [0.717, 1.165) is 0 Å². The van der Waals surface area contributed by atoms with E-state index in [1.165, 1.54) is 6.92 Å². The van der Waals surface area contributed by atoms with E-state index in [-0.39, 0.29) is 17.7 Å². The van der Waals surface area contributed by atoms with Gasteiger partial charge in [-0.3, -0.25) is 9.59 Å². The standard InChI is InChI=1S/C9H15Cl3N2O2/c1-3-4-7(16)14-8(13-6(2)15)9(11,12)5-10/h8H,3-5H2,1-2H3,(H,13,15)(H,14,16). The van der Waals surface area contributed by atoms with Crippen LogP contribution in [0.15, 0.2) is 0 Å². The minimum atomic E-state index is -1.43. The van der Waals surface area contributed by atoms with Crippen LogP contribution < -0.4 is 10.6 Å². The maximum atomic E-state index is 11.4. The molecule has 0 spiro atoms. The van der Waals surface area contributed by atoms with E-state index >= 15 is 0 Å². The van der Waals surface area contributed by atoms with Crippen LogP contribution in [0.25, 0.3) is 0 Å². The Morgan fingerprint density at radius 1 is 1.31 bits per heavy atom. The van der Waals surface area contributed by atoms with Gasteiger partial charge in [0.2, 0.25) is 11.8 Å². The minimum absolute atomic E-state index is 0.118. The molecule has 0 heterocycles. The molecule has 7 heteroatoms. The summed E-state index contributed by atoms with van der Waals surface area (Å²) in [5.41, 5.74) is 0. The van der Waals surface area contributed by atoms with Gasteiger partial charge in [-0.15, -0.1) is 11.6 Å². The van der Waals surface area contributed by atoms with Crippen LogP contribution in [0.2, 0.25) is 0 Å². The highest BCUT2D eigenvalue weighted by atomic mass is 35.5. The van der Waals surface area contributed by atoms with E-state index in [4.69, 9.17) is 34.8 Å². The smallest absolute Gasteiger partial charge is 0.221 e. The molecule has 1 unspecified atom stereocenters. The van der Waals surface area contributed by atoms with Crippen molar-refractivity contribution in [1.29, 1.82) is 0 Å². The Bertz CT molecular complexity index is 259. The van der Waals surface area contributed by atoms with Crippen molar-refractivity contribution in [2.75, 3.05) is 5.88 Å². The Kier molecular flexibility index (Phi) is 7.11. The first-order chi connectivity index (χ1) is 7.33. The normalized spacial score (nSPS) is 13.1. The van der Waals surface area contributed by atoms with Crippen molar-refractivity contribution >= 4 is 46.6 Å². The second-order valence-corrected chi connectivity index (χ2v) is 5.16. The van der Waals surface area contributed by atoms with Crippen LogP contribution in [0.5, 0.6) is 0 Å².